The van der Waals surface area contributed by atoms with Gasteiger partial charge in [0, 0.05) is 0 Å². The summed E-state index contributed by atoms with van der Waals surface area (Å²) in [6, 6.07) is 6.27. The minimum Gasteiger partial charge on any atom is -0.490 e. The summed E-state index contributed by atoms with van der Waals surface area (Å²) in [6.45, 7) is 0. The van der Waals surface area contributed by atoms with Crippen LogP contribution in [0, 0.1) is 0 Å². The minimum atomic E-state index is -0.288. The quantitative estimate of drug-likeness (QED) is 0.860. The van der Waals surface area contributed by atoms with E-state index in [-0.39, 0.29) is 6.10 Å². The van der Waals surface area contributed by atoms with E-state index in [0.717, 1.165) is 30.6 Å². The van der Waals surface area contributed by atoms with Crippen LogP contribution < -0.4 is 4.74 Å². The van der Waals surface area contributed by atoms with Crippen LogP contribution in [0.5, 0.6) is 5.75 Å². The van der Waals surface area contributed by atoms with Gasteiger partial charge in [0.2, 0.25) is 0 Å². The zero-order chi connectivity index (χ0) is 12.4. The molecule has 98 valence electrons. The van der Waals surface area contributed by atoms with Gasteiger partial charge in [-0.25, -0.2) is 0 Å². The van der Waals surface area contributed by atoms with E-state index in [1.807, 2.05) is 0 Å². The molecule has 18 heavy (non-hydrogen) atoms. The molecule has 2 nitrogen and oxygen atoms in total. The molecule has 0 amide bonds. The topological polar surface area (TPSA) is 29.5 Å². The molecule has 1 fully saturated rings. The van der Waals surface area contributed by atoms with Gasteiger partial charge in [0.15, 0.2) is 0 Å². The Morgan fingerprint density at radius 3 is 2.67 bits per heavy atom. The van der Waals surface area contributed by atoms with E-state index in [9.17, 15) is 5.11 Å². The van der Waals surface area contributed by atoms with Crippen LogP contribution in [0.3, 0.4) is 0 Å². The highest BCUT2D eigenvalue weighted by atomic mass is 16.5. The van der Waals surface area contributed by atoms with E-state index in [4.69, 9.17) is 4.74 Å². The lowest BCUT2D eigenvalue weighted by atomic mass is 9.89. The standard InChI is InChI=1S/C16H22O2/c17-16-8-4-5-12-9-10-14(11-15(12)16)18-13-6-2-1-3-7-13/h9-11,13,16-17H,1-8H2. The van der Waals surface area contributed by atoms with Gasteiger partial charge in [-0.15, -0.1) is 0 Å². The van der Waals surface area contributed by atoms with Crippen LogP contribution in [0.15, 0.2) is 18.2 Å². The number of aliphatic hydroxyl groups is 1. The Morgan fingerprint density at radius 2 is 1.83 bits per heavy atom. The molecule has 2 heteroatoms. The Morgan fingerprint density at radius 1 is 1.00 bits per heavy atom. The number of benzene rings is 1. The molecule has 0 radical (unpaired) electrons. The summed E-state index contributed by atoms with van der Waals surface area (Å²) in [6.07, 6.45) is 9.46. The molecular formula is C16H22O2. The molecule has 1 N–H and O–H groups in total. The van der Waals surface area contributed by atoms with Crippen molar-refractivity contribution in [1.82, 2.24) is 0 Å². The summed E-state index contributed by atoms with van der Waals surface area (Å²) in [4.78, 5) is 0. The minimum absolute atomic E-state index is 0.288. The van der Waals surface area contributed by atoms with Crippen LogP contribution in [0.25, 0.3) is 0 Å². The molecule has 0 heterocycles. The van der Waals surface area contributed by atoms with E-state index in [2.05, 4.69) is 18.2 Å². The Bertz CT molecular complexity index is 408. The molecule has 3 rings (SSSR count). The zero-order valence-electron chi connectivity index (χ0n) is 10.9. The van der Waals surface area contributed by atoms with Crippen LogP contribution >= 0.6 is 0 Å². The van der Waals surface area contributed by atoms with E-state index < -0.39 is 0 Å². The highest BCUT2D eigenvalue weighted by molar-refractivity contribution is 5.38. The zero-order valence-corrected chi connectivity index (χ0v) is 10.9. The lowest BCUT2D eigenvalue weighted by Gasteiger charge is -2.25. The second kappa shape index (κ2) is 5.31. The summed E-state index contributed by atoms with van der Waals surface area (Å²) >= 11 is 0. The molecule has 2 aliphatic carbocycles. The van der Waals surface area contributed by atoms with Crippen molar-refractivity contribution in [3.8, 4) is 5.75 Å². The molecule has 0 aromatic heterocycles. The third-order valence-electron chi connectivity index (χ3n) is 4.25. The average molecular weight is 246 g/mol. The van der Waals surface area contributed by atoms with Crippen molar-refractivity contribution < 1.29 is 9.84 Å². The van der Waals surface area contributed by atoms with Crippen molar-refractivity contribution in [2.45, 2.75) is 63.6 Å². The molecular weight excluding hydrogens is 224 g/mol. The number of aliphatic hydroxyl groups excluding tert-OH is 1. The lowest BCUT2D eigenvalue weighted by molar-refractivity contribution is 0.147. The Balaban J connectivity index is 1.74. The number of fused-ring (bicyclic) bond motifs is 1. The smallest absolute Gasteiger partial charge is 0.120 e. The van der Waals surface area contributed by atoms with Crippen molar-refractivity contribution in [2.75, 3.05) is 0 Å². The Labute approximate surface area is 109 Å². The van der Waals surface area contributed by atoms with Gasteiger partial charge >= 0.3 is 0 Å². The second-order valence-corrected chi connectivity index (χ2v) is 5.65. The van der Waals surface area contributed by atoms with E-state index in [0.29, 0.717) is 6.10 Å². The maximum absolute atomic E-state index is 10.0. The van der Waals surface area contributed by atoms with Crippen molar-refractivity contribution in [1.29, 1.82) is 0 Å². The molecule has 1 atom stereocenters. The molecule has 1 unspecified atom stereocenters. The fourth-order valence-corrected chi connectivity index (χ4v) is 3.20. The monoisotopic (exact) mass is 246 g/mol. The summed E-state index contributed by atoms with van der Waals surface area (Å²) in [5, 5.41) is 10.0. The molecule has 0 spiro atoms. The van der Waals surface area contributed by atoms with Gasteiger partial charge in [-0.2, -0.15) is 0 Å². The van der Waals surface area contributed by atoms with Gasteiger partial charge < -0.3 is 9.84 Å². The molecule has 1 aromatic rings. The number of ether oxygens (including phenoxy) is 1. The van der Waals surface area contributed by atoms with Gasteiger partial charge in [0.25, 0.3) is 0 Å². The molecule has 1 saturated carbocycles. The lowest BCUT2D eigenvalue weighted by Crippen LogP contribution is -2.20. The van der Waals surface area contributed by atoms with Crippen molar-refractivity contribution in [3.63, 3.8) is 0 Å². The third-order valence-corrected chi connectivity index (χ3v) is 4.25. The molecule has 0 aliphatic heterocycles. The molecule has 2 aliphatic rings. The van der Waals surface area contributed by atoms with Gasteiger partial charge in [-0.05, 0) is 68.2 Å². The first-order chi connectivity index (χ1) is 8.83. The fourth-order valence-electron chi connectivity index (χ4n) is 3.20. The molecule has 0 bridgehead atoms. The largest absolute Gasteiger partial charge is 0.490 e. The maximum atomic E-state index is 10.0. The molecule has 1 aromatic carbocycles. The second-order valence-electron chi connectivity index (χ2n) is 5.65. The first-order valence-corrected chi connectivity index (χ1v) is 7.30. The van der Waals surface area contributed by atoms with Gasteiger partial charge in [-0.1, -0.05) is 12.5 Å². The summed E-state index contributed by atoms with van der Waals surface area (Å²) < 4.78 is 6.06. The van der Waals surface area contributed by atoms with Crippen LogP contribution in [0.1, 0.15) is 62.2 Å². The van der Waals surface area contributed by atoms with Crippen LogP contribution in [0.2, 0.25) is 0 Å². The van der Waals surface area contributed by atoms with Crippen LogP contribution in [-0.2, 0) is 6.42 Å². The average Bonchev–Trinajstić information content (AvgIpc) is 2.41. The van der Waals surface area contributed by atoms with Crippen molar-refractivity contribution >= 4 is 0 Å². The predicted octanol–water partition coefficient (Wildman–Crippen LogP) is 3.77. The third kappa shape index (κ3) is 2.54. The SMILES string of the molecule is OC1CCCc2ccc(OC3CCCCC3)cc21. The van der Waals surface area contributed by atoms with Crippen LogP contribution in [-0.4, -0.2) is 11.2 Å². The maximum Gasteiger partial charge on any atom is 0.120 e. The van der Waals surface area contributed by atoms with Crippen molar-refractivity contribution in [2.24, 2.45) is 0 Å². The number of hydrogen-bond acceptors (Lipinski definition) is 2. The summed E-state index contributed by atoms with van der Waals surface area (Å²) in [5.41, 5.74) is 2.39. The molecule has 0 saturated heterocycles. The first-order valence-electron chi connectivity index (χ1n) is 7.30. The summed E-state index contributed by atoms with van der Waals surface area (Å²) in [5.74, 6) is 0.946. The number of rotatable bonds is 2. The van der Waals surface area contributed by atoms with E-state index in [1.54, 1.807) is 0 Å². The highest BCUT2D eigenvalue weighted by Crippen LogP contribution is 2.33. The van der Waals surface area contributed by atoms with Crippen molar-refractivity contribution in [3.05, 3.63) is 29.3 Å². The van der Waals surface area contributed by atoms with Gasteiger partial charge in [-0.3, -0.25) is 0 Å². The normalized spacial score (nSPS) is 24.6. The van der Waals surface area contributed by atoms with Crippen LogP contribution in [0.4, 0.5) is 0 Å². The van der Waals surface area contributed by atoms with Gasteiger partial charge in [0.05, 0.1) is 12.2 Å². The number of hydrogen-bond donors (Lipinski definition) is 1. The predicted molar refractivity (Wildman–Crippen MR) is 71.8 cm³/mol. The van der Waals surface area contributed by atoms with Gasteiger partial charge in [0.1, 0.15) is 5.75 Å². The summed E-state index contributed by atoms with van der Waals surface area (Å²) in [7, 11) is 0. The Hall–Kier alpha value is -1.02. The first kappa shape index (κ1) is 12.0. The Kier molecular flexibility index (Phi) is 3.55. The van der Waals surface area contributed by atoms with E-state index in [1.165, 1.54) is 37.7 Å². The van der Waals surface area contributed by atoms with E-state index >= 15 is 0 Å². The fraction of sp³-hybridized carbons (Fsp3) is 0.625. The highest BCUT2D eigenvalue weighted by Gasteiger charge is 2.20. The number of aryl methyl sites for hydroxylation is 1.